The zero-order chi connectivity index (χ0) is 20.6. The summed E-state index contributed by atoms with van der Waals surface area (Å²) < 4.78 is 43.0. The number of nitrogens with one attached hydrogen (secondary N) is 1. The van der Waals surface area contributed by atoms with E-state index in [0.29, 0.717) is 12.5 Å². The van der Waals surface area contributed by atoms with E-state index in [2.05, 4.69) is 5.32 Å². The maximum atomic E-state index is 12.7. The van der Waals surface area contributed by atoms with Crippen molar-refractivity contribution in [1.82, 2.24) is 5.32 Å². The molecule has 0 bridgehead atoms. The Hall–Kier alpha value is -3.36. The SMILES string of the molecule is O=C(NCCC=Cc1ccc(C(F)(F)F)cc1[N+](=O)[O-])OCc1ccccc1. The first-order valence-electron chi connectivity index (χ1n) is 8.24. The summed E-state index contributed by atoms with van der Waals surface area (Å²) in [4.78, 5) is 21.7. The van der Waals surface area contributed by atoms with Crippen molar-refractivity contribution < 1.29 is 27.6 Å². The van der Waals surface area contributed by atoms with E-state index >= 15 is 0 Å². The van der Waals surface area contributed by atoms with Crippen LogP contribution in [0.3, 0.4) is 0 Å². The summed E-state index contributed by atoms with van der Waals surface area (Å²) in [6.45, 7) is 0.332. The summed E-state index contributed by atoms with van der Waals surface area (Å²) in [5, 5.41) is 13.5. The van der Waals surface area contributed by atoms with Crippen LogP contribution in [-0.2, 0) is 17.5 Å². The molecule has 2 rings (SSSR count). The first kappa shape index (κ1) is 20.9. The molecule has 148 valence electrons. The van der Waals surface area contributed by atoms with Gasteiger partial charge in [-0.1, -0.05) is 42.5 Å². The number of halogens is 3. The molecule has 0 atom stereocenters. The smallest absolute Gasteiger partial charge is 0.416 e. The quantitative estimate of drug-likeness (QED) is 0.410. The van der Waals surface area contributed by atoms with Crippen LogP contribution in [-0.4, -0.2) is 17.6 Å². The van der Waals surface area contributed by atoms with Gasteiger partial charge in [0.2, 0.25) is 0 Å². The Labute approximate surface area is 158 Å². The van der Waals surface area contributed by atoms with Gasteiger partial charge in [0.25, 0.3) is 5.69 Å². The third kappa shape index (κ3) is 6.42. The van der Waals surface area contributed by atoms with Crippen molar-refractivity contribution in [3.8, 4) is 0 Å². The van der Waals surface area contributed by atoms with Crippen molar-refractivity contribution in [2.45, 2.75) is 19.2 Å². The van der Waals surface area contributed by atoms with E-state index in [9.17, 15) is 28.1 Å². The summed E-state index contributed by atoms with van der Waals surface area (Å²) in [5.74, 6) is 0. The Kier molecular flexibility index (Phi) is 7.14. The maximum absolute atomic E-state index is 12.7. The van der Waals surface area contributed by atoms with Crippen LogP contribution < -0.4 is 5.32 Å². The van der Waals surface area contributed by atoms with Crippen molar-refractivity contribution in [2.75, 3.05) is 6.54 Å². The van der Waals surface area contributed by atoms with Gasteiger partial charge in [0.1, 0.15) is 6.61 Å². The van der Waals surface area contributed by atoms with Crippen molar-refractivity contribution in [3.63, 3.8) is 0 Å². The van der Waals surface area contributed by atoms with Gasteiger partial charge in [-0.15, -0.1) is 0 Å². The van der Waals surface area contributed by atoms with Crippen LogP contribution in [0.25, 0.3) is 6.08 Å². The van der Waals surface area contributed by atoms with Crippen LogP contribution in [0.5, 0.6) is 0 Å². The standard InChI is InChI=1S/C19H17F3N2O4/c20-19(21,22)16-10-9-15(17(12-16)24(26)27)8-4-5-11-23-18(25)28-13-14-6-2-1-3-7-14/h1-4,6-10,12H,5,11,13H2,(H,23,25). The Morgan fingerprint density at radius 2 is 1.89 bits per heavy atom. The Morgan fingerprint density at radius 1 is 1.18 bits per heavy atom. The van der Waals surface area contributed by atoms with E-state index in [0.717, 1.165) is 17.7 Å². The van der Waals surface area contributed by atoms with Crippen molar-refractivity contribution in [2.24, 2.45) is 0 Å². The molecule has 28 heavy (non-hydrogen) atoms. The first-order chi connectivity index (χ1) is 13.3. The second kappa shape index (κ2) is 9.54. The second-order valence-corrected chi connectivity index (χ2v) is 5.71. The maximum Gasteiger partial charge on any atom is 0.416 e. The predicted molar refractivity (Wildman–Crippen MR) is 96.4 cm³/mol. The lowest BCUT2D eigenvalue weighted by molar-refractivity contribution is -0.385. The minimum Gasteiger partial charge on any atom is -0.445 e. The van der Waals surface area contributed by atoms with Gasteiger partial charge in [-0.25, -0.2) is 4.79 Å². The summed E-state index contributed by atoms with van der Waals surface area (Å²) >= 11 is 0. The second-order valence-electron chi connectivity index (χ2n) is 5.71. The molecule has 2 aromatic carbocycles. The molecule has 9 heteroatoms. The number of hydrogen-bond donors (Lipinski definition) is 1. The number of rotatable bonds is 7. The fraction of sp³-hybridized carbons (Fsp3) is 0.211. The molecule has 0 aliphatic carbocycles. The summed E-state index contributed by atoms with van der Waals surface area (Å²) in [5.41, 5.74) is -0.836. The van der Waals surface area contributed by atoms with Crippen LogP contribution in [0.15, 0.2) is 54.6 Å². The molecule has 0 spiro atoms. The average Bonchev–Trinajstić information content (AvgIpc) is 2.66. The Balaban J connectivity index is 1.84. The van der Waals surface area contributed by atoms with Gasteiger partial charge in [-0.05, 0) is 24.1 Å². The van der Waals surface area contributed by atoms with Crippen LogP contribution in [0, 0.1) is 10.1 Å². The summed E-state index contributed by atoms with van der Waals surface area (Å²) in [6, 6.07) is 11.4. The number of nitro groups is 1. The number of benzene rings is 2. The van der Waals surface area contributed by atoms with Gasteiger partial charge in [0.15, 0.2) is 0 Å². The molecule has 0 saturated heterocycles. The monoisotopic (exact) mass is 394 g/mol. The van der Waals surface area contributed by atoms with Crippen LogP contribution >= 0.6 is 0 Å². The van der Waals surface area contributed by atoms with E-state index in [-0.39, 0.29) is 18.7 Å². The summed E-state index contributed by atoms with van der Waals surface area (Å²) in [7, 11) is 0. The Morgan fingerprint density at radius 3 is 2.54 bits per heavy atom. The topological polar surface area (TPSA) is 81.5 Å². The zero-order valence-corrected chi connectivity index (χ0v) is 14.6. The lowest BCUT2D eigenvalue weighted by Crippen LogP contribution is -2.24. The van der Waals surface area contributed by atoms with Gasteiger partial charge in [-0.2, -0.15) is 13.2 Å². The van der Waals surface area contributed by atoms with E-state index < -0.39 is 28.4 Å². The molecule has 0 unspecified atom stereocenters. The Bertz CT molecular complexity index is 852. The third-order valence-corrected chi connectivity index (χ3v) is 3.64. The number of amides is 1. The third-order valence-electron chi connectivity index (χ3n) is 3.64. The lowest BCUT2D eigenvalue weighted by Gasteiger charge is -2.07. The van der Waals surface area contributed by atoms with Crippen molar-refractivity contribution in [1.29, 1.82) is 0 Å². The van der Waals surface area contributed by atoms with Gasteiger partial charge >= 0.3 is 12.3 Å². The minimum atomic E-state index is -4.66. The zero-order valence-electron chi connectivity index (χ0n) is 14.6. The largest absolute Gasteiger partial charge is 0.445 e. The van der Waals surface area contributed by atoms with Crippen LogP contribution in [0.4, 0.5) is 23.7 Å². The van der Waals surface area contributed by atoms with Crippen LogP contribution in [0.2, 0.25) is 0 Å². The number of alkyl carbamates (subject to hydrolysis) is 1. The number of nitro benzene ring substituents is 1. The molecule has 1 amide bonds. The molecule has 2 aromatic rings. The number of carbonyl (C=O) groups is 1. The number of nitrogens with zero attached hydrogens (tertiary/aromatic N) is 1. The van der Waals surface area contributed by atoms with Gasteiger partial charge in [0.05, 0.1) is 16.1 Å². The van der Waals surface area contributed by atoms with E-state index in [1.54, 1.807) is 0 Å². The lowest BCUT2D eigenvalue weighted by atomic mass is 10.1. The van der Waals surface area contributed by atoms with Crippen molar-refractivity contribution in [3.05, 3.63) is 81.4 Å². The molecule has 0 aromatic heterocycles. The molecular weight excluding hydrogens is 377 g/mol. The molecule has 6 nitrogen and oxygen atoms in total. The number of hydrogen-bond acceptors (Lipinski definition) is 4. The van der Waals surface area contributed by atoms with Crippen LogP contribution in [0.1, 0.15) is 23.1 Å². The fourth-order valence-corrected chi connectivity index (χ4v) is 2.26. The molecular formula is C19H17F3N2O4. The van der Waals surface area contributed by atoms with E-state index in [1.807, 2.05) is 30.3 Å². The van der Waals surface area contributed by atoms with Crippen molar-refractivity contribution >= 4 is 17.9 Å². The van der Waals surface area contributed by atoms with Gasteiger partial charge in [-0.3, -0.25) is 10.1 Å². The summed E-state index contributed by atoms with van der Waals surface area (Å²) in [6.07, 6.45) is -2.09. The average molecular weight is 394 g/mol. The molecule has 0 radical (unpaired) electrons. The predicted octanol–water partition coefficient (Wildman–Crippen LogP) is 4.94. The highest BCUT2D eigenvalue weighted by atomic mass is 19.4. The molecule has 0 aliphatic heterocycles. The van der Waals surface area contributed by atoms with Gasteiger partial charge in [0, 0.05) is 12.6 Å². The molecule has 0 heterocycles. The number of ether oxygens (including phenoxy) is 1. The number of carbonyl (C=O) groups excluding carboxylic acids is 1. The number of alkyl halides is 3. The normalized spacial score (nSPS) is 11.4. The highest BCUT2D eigenvalue weighted by Crippen LogP contribution is 2.33. The molecule has 0 fully saturated rings. The fourth-order valence-electron chi connectivity index (χ4n) is 2.26. The van der Waals surface area contributed by atoms with Gasteiger partial charge < -0.3 is 10.1 Å². The highest BCUT2D eigenvalue weighted by Gasteiger charge is 2.32. The minimum absolute atomic E-state index is 0.0460. The van der Waals surface area contributed by atoms with E-state index in [4.69, 9.17) is 4.74 Å². The van der Waals surface area contributed by atoms with E-state index in [1.165, 1.54) is 12.2 Å². The molecule has 1 N–H and O–H groups in total. The molecule has 0 aliphatic rings. The highest BCUT2D eigenvalue weighted by molar-refractivity contribution is 5.67. The first-order valence-corrected chi connectivity index (χ1v) is 8.24. The molecule has 0 saturated carbocycles.